The van der Waals surface area contributed by atoms with E-state index in [1.165, 1.54) is 0 Å². The van der Waals surface area contributed by atoms with Gasteiger partial charge in [0.2, 0.25) is 0 Å². The maximum absolute atomic E-state index is 9.49. The van der Waals surface area contributed by atoms with Crippen LogP contribution in [0, 0.1) is 0 Å². The van der Waals surface area contributed by atoms with Crippen LogP contribution in [0.15, 0.2) is 0 Å². The molecule has 1 rings (SSSR count). The van der Waals surface area contributed by atoms with Crippen molar-refractivity contribution in [1.29, 1.82) is 0 Å². The Morgan fingerprint density at radius 2 is 2.18 bits per heavy atom. The van der Waals surface area contributed by atoms with E-state index in [4.69, 9.17) is 4.74 Å². The summed E-state index contributed by atoms with van der Waals surface area (Å²) in [6.07, 6.45) is 2.06. The Morgan fingerprint density at radius 1 is 1.41 bits per heavy atom. The molecule has 4 nitrogen and oxygen atoms in total. The summed E-state index contributed by atoms with van der Waals surface area (Å²) in [7, 11) is 1.76. The summed E-state index contributed by atoms with van der Waals surface area (Å²) in [4.78, 5) is 4.95. The van der Waals surface area contributed by atoms with Crippen LogP contribution in [0.3, 0.4) is 0 Å². The fourth-order valence-electron chi connectivity index (χ4n) is 2.56. The van der Waals surface area contributed by atoms with E-state index >= 15 is 0 Å². The van der Waals surface area contributed by atoms with Gasteiger partial charge in [0.25, 0.3) is 0 Å². The van der Waals surface area contributed by atoms with Gasteiger partial charge >= 0.3 is 0 Å². The van der Waals surface area contributed by atoms with Crippen molar-refractivity contribution in [3.8, 4) is 0 Å². The minimum atomic E-state index is -0.218. The topological polar surface area (TPSA) is 35.9 Å². The summed E-state index contributed by atoms with van der Waals surface area (Å²) in [5.41, 5.74) is 0. The first-order valence-corrected chi connectivity index (χ1v) is 6.80. The van der Waals surface area contributed by atoms with Crippen LogP contribution in [-0.2, 0) is 4.74 Å². The van der Waals surface area contributed by atoms with Crippen LogP contribution >= 0.6 is 0 Å². The van der Waals surface area contributed by atoms with Crippen LogP contribution in [0.4, 0.5) is 0 Å². The standard InChI is InChI=1S/C13H28N2O2/c1-4-13-11-14(6-5-9-17-3)7-8-15(13)10-12(2)16/h12-13,16H,4-11H2,1-3H3/t12-,13-/m0/s1. The van der Waals surface area contributed by atoms with E-state index in [0.717, 1.165) is 52.2 Å². The fraction of sp³-hybridized carbons (Fsp3) is 1.00. The second-order valence-electron chi connectivity index (χ2n) is 5.05. The van der Waals surface area contributed by atoms with Crippen molar-refractivity contribution < 1.29 is 9.84 Å². The van der Waals surface area contributed by atoms with Gasteiger partial charge in [-0.05, 0) is 19.8 Å². The van der Waals surface area contributed by atoms with E-state index < -0.39 is 0 Å². The molecule has 1 aliphatic heterocycles. The summed E-state index contributed by atoms with van der Waals surface area (Å²) < 4.78 is 5.09. The van der Waals surface area contributed by atoms with Crippen LogP contribution in [0.5, 0.6) is 0 Å². The molecule has 1 heterocycles. The predicted molar refractivity (Wildman–Crippen MR) is 70.3 cm³/mol. The Hall–Kier alpha value is -0.160. The molecule has 0 aliphatic carbocycles. The van der Waals surface area contributed by atoms with E-state index in [1.807, 2.05) is 6.92 Å². The highest BCUT2D eigenvalue weighted by Crippen LogP contribution is 2.13. The van der Waals surface area contributed by atoms with Crippen LogP contribution in [0.25, 0.3) is 0 Å². The minimum absolute atomic E-state index is 0.218. The Morgan fingerprint density at radius 3 is 2.76 bits per heavy atom. The number of methoxy groups -OCH3 is 1. The third-order valence-corrected chi connectivity index (χ3v) is 3.48. The first-order chi connectivity index (χ1) is 8.17. The summed E-state index contributed by atoms with van der Waals surface area (Å²) in [5, 5.41) is 9.49. The lowest BCUT2D eigenvalue weighted by Crippen LogP contribution is -2.54. The predicted octanol–water partition coefficient (Wildman–Crippen LogP) is 0.800. The number of piperazine rings is 1. The number of aliphatic hydroxyl groups is 1. The van der Waals surface area contributed by atoms with E-state index in [0.29, 0.717) is 6.04 Å². The molecule has 0 spiro atoms. The van der Waals surface area contributed by atoms with Crippen molar-refractivity contribution in [3.05, 3.63) is 0 Å². The largest absolute Gasteiger partial charge is 0.392 e. The van der Waals surface area contributed by atoms with Gasteiger partial charge in [-0.1, -0.05) is 6.92 Å². The average molecular weight is 244 g/mol. The monoisotopic (exact) mass is 244 g/mol. The molecule has 17 heavy (non-hydrogen) atoms. The second kappa shape index (κ2) is 8.03. The normalized spacial score (nSPS) is 25.1. The first kappa shape index (κ1) is 14.9. The summed E-state index contributed by atoms with van der Waals surface area (Å²) in [6, 6.07) is 0.598. The van der Waals surface area contributed by atoms with Crippen molar-refractivity contribution in [3.63, 3.8) is 0 Å². The molecule has 102 valence electrons. The Labute approximate surface area is 106 Å². The van der Waals surface area contributed by atoms with Crippen molar-refractivity contribution in [2.45, 2.75) is 38.8 Å². The lowest BCUT2D eigenvalue weighted by atomic mass is 10.1. The van der Waals surface area contributed by atoms with Gasteiger partial charge in [-0.25, -0.2) is 0 Å². The number of β-amino-alcohol motifs (C(OH)–C–C–N with tert-alkyl or cyclic N) is 1. The van der Waals surface area contributed by atoms with Gasteiger partial charge in [0.05, 0.1) is 6.10 Å². The number of hydrogen-bond donors (Lipinski definition) is 1. The lowest BCUT2D eigenvalue weighted by molar-refractivity contribution is 0.0337. The van der Waals surface area contributed by atoms with Crippen LogP contribution in [0.1, 0.15) is 26.7 Å². The molecule has 0 aromatic rings. The highest BCUT2D eigenvalue weighted by Gasteiger charge is 2.25. The van der Waals surface area contributed by atoms with Gasteiger partial charge in [-0.3, -0.25) is 4.90 Å². The highest BCUT2D eigenvalue weighted by molar-refractivity contribution is 4.82. The maximum Gasteiger partial charge on any atom is 0.0639 e. The van der Waals surface area contributed by atoms with Crippen molar-refractivity contribution >= 4 is 0 Å². The fourth-order valence-corrected chi connectivity index (χ4v) is 2.56. The third kappa shape index (κ3) is 5.34. The highest BCUT2D eigenvalue weighted by atomic mass is 16.5. The van der Waals surface area contributed by atoms with Crippen LogP contribution < -0.4 is 0 Å². The van der Waals surface area contributed by atoms with Gasteiger partial charge in [0.15, 0.2) is 0 Å². The van der Waals surface area contributed by atoms with Crippen LogP contribution in [-0.4, -0.2) is 73.5 Å². The summed E-state index contributed by atoms with van der Waals surface area (Å²) >= 11 is 0. The lowest BCUT2D eigenvalue weighted by Gasteiger charge is -2.41. The maximum atomic E-state index is 9.49. The van der Waals surface area contributed by atoms with Gasteiger partial charge in [-0.2, -0.15) is 0 Å². The molecule has 0 amide bonds. The number of ether oxygens (including phenoxy) is 1. The molecule has 2 atom stereocenters. The summed E-state index contributed by atoms with van der Waals surface area (Å²) in [5.74, 6) is 0. The van der Waals surface area contributed by atoms with Crippen molar-refractivity contribution in [2.75, 3.05) is 46.4 Å². The molecule has 4 heteroatoms. The Bertz CT molecular complexity index is 200. The molecule has 0 bridgehead atoms. The molecule has 1 N–H and O–H groups in total. The van der Waals surface area contributed by atoms with Gasteiger partial charge in [0.1, 0.15) is 0 Å². The smallest absolute Gasteiger partial charge is 0.0639 e. The molecule has 0 aromatic heterocycles. The molecule has 1 aliphatic rings. The molecule has 0 unspecified atom stereocenters. The molecular formula is C13H28N2O2. The zero-order valence-corrected chi connectivity index (χ0v) is 11.6. The quantitative estimate of drug-likeness (QED) is 0.672. The number of aliphatic hydroxyl groups excluding tert-OH is 1. The van der Waals surface area contributed by atoms with Crippen molar-refractivity contribution in [1.82, 2.24) is 9.80 Å². The molecule has 1 fully saturated rings. The van der Waals surface area contributed by atoms with E-state index in [-0.39, 0.29) is 6.10 Å². The summed E-state index contributed by atoms with van der Waals surface area (Å²) in [6.45, 7) is 10.2. The third-order valence-electron chi connectivity index (χ3n) is 3.48. The number of nitrogens with zero attached hydrogens (tertiary/aromatic N) is 2. The van der Waals surface area contributed by atoms with Crippen LogP contribution in [0.2, 0.25) is 0 Å². The zero-order valence-electron chi connectivity index (χ0n) is 11.6. The molecule has 0 saturated carbocycles. The second-order valence-corrected chi connectivity index (χ2v) is 5.05. The van der Waals surface area contributed by atoms with E-state index in [1.54, 1.807) is 7.11 Å². The molecule has 1 saturated heterocycles. The Balaban J connectivity index is 2.32. The van der Waals surface area contributed by atoms with E-state index in [2.05, 4.69) is 16.7 Å². The van der Waals surface area contributed by atoms with Gasteiger partial charge < -0.3 is 14.7 Å². The number of hydrogen-bond acceptors (Lipinski definition) is 4. The Kier molecular flexibility index (Phi) is 7.04. The van der Waals surface area contributed by atoms with Crippen molar-refractivity contribution in [2.24, 2.45) is 0 Å². The SMILES string of the molecule is CC[C@H]1CN(CCCOC)CCN1C[C@H](C)O. The van der Waals surface area contributed by atoms with Gasteiger partial charge in [-0.15, -0.1) is 0 Å². The van der Waals surface area contributed by atoms with E-state index in [9.17, 15) is 5.11 Å². The average Bonchev–Trinajstić information content (AvgIpc) is 2.30. The number of rotatable bonds is 7. The van der Waals surface area contributed by atoms with Gasteiger partial charge in [0, 0.05) is 52.5 Å². The minimum Gasteiger partial charge on any atom is -0.392 e. The molecule has 0 radical (unpaired) electrons. The molecular weight excluding hydrogens is 216 g/mol. The zero-order chi connectivity index (χ0) is 12.7. The molecule has 0 aromatic carbocycles. The first-order valence-electron chi connectivity index (χ1n) is 6.80.